The highest BCUT2D eigenvalue weighted by molar-refractivity contribution is 6.04. The fraction of sp³-hybridized carbons (Fsp3) is 0.211. The second-order valence-electron chi connectivity index (χ2n) is 6.40. The van der Waals surface area contributed by atoms with E-state index in [1.165, 1.54) is 0 Å². The maximum atomic E-state index is 12.6. The number of carbonyl (C=O) groups excluding carboxylic acids is 2. The van der Waals surface area contributed by atoms with Crippen LogP contribution in [0.15, 0.2) is 59.2 Å². The average molecular weight is 365 g/mol. The van der Waals surface area contributed by atoms with E-state index in [-0.39, 0.29) is 17.9 Å². The van der Waals surface area contributed by atoms with Crippen molar-refractivity contribution in [3.8, 4) is 11.5 Å². The van der Waals surface area contributed by atoms with E-state index in [0.717, 1.165) is 0 Å². The van der Waals surface area contributed by atoms with Gasteiger partial charge in [0.15, 0.2) is 12.0 Å². The SMILES string of the molecule is CC1CC(=O)NC(n2nc(-c3ccco3)cc2NC(=O)c2ccccc2)N1. The predicted octanol–water partition coefficient (Wildman–Crippen LogP) is 2.35. The predicted molar refractivity (Wildman–Crippen MR) is 98.7 cm³/mol. The molecule has 3 heterocycles. The van der Waals surface area contributed by atoms with Crippen LogP contribution < -0.4 is 16.0 Å². The van der Waals surface area contributed by atoms with Crippen molar-refractivity contribution in [2.24, 2.45) is 0 Å². The molecule has 3 aromatic rings. The molecule has 27 heavy (non-hydrogen) atoms. The summed E-state index contributed by atoms with van der Waals surface area (Å²) in [4.78, 5) is 24.5. The Bertz CT molecular complexity index is 949. The molecule has 0 radical (unpaired) electrons. The van der Waals surface area contributed by atoms with Gasteiger partial charge >= 0.3 is 0 Å². The monoisotopic (exact) mass is 365 g/mol. The van der Waals surface area contributed by atoms with E-state index < -0.39 is 6.29 Å². The fourth-order valence-corrected chi connectivity index (χ4v) is 3.00. The Balaban J connectivity index is 1.68. The Hall–Kier alpha value is -3.39. The van der Waals surface area contributed by atoms with Crippen LogP contribution in [0.3, 0.4) is 0 Å². The molecule has 0 aliphatic carbocycles. The molecule has 0 spiro atoms. The minimum atomic E-state index is -0.573. The Morgan fingerprint density at radius 3 is 2.78 bits per heavy atom. The van der Waals surface area contributed by atoms with Crippen LogP contribution in [0.5, 0.6) is 0 Å². The minimum absolute atomic E-state index is 0.0160. The van der Waals surface area contributed by atoms with Crippen LogP contribution in [0, 0.1) is 0 Å². The van der Waals surface area contributed by atoms with Crippen LogP contribution in [0.2, 0.25) is 0 Å². The summed E-state index contributed by atoms with van der Waals surface area (Å²) in [6, 6.07) is 14.1. The highest BCUT2D eigenvalue weighted by Gasteiger charge is 2.27. The first-order chi connectivity index (χ1) is 13.1. The first-order valence-electron chi connectivity index (χ1n) is 8.65. The molecule has 1 fully saturated rings. The number of benzene rings is 1. The second kappa shape index (κ2) is 7.08. The summed E-state index contributed by atoms with van der Waals surface area (Å²) in [6.45, 7) is 1.92. The molecular weight excluding hydrogens is 346 g/mol. The van der Waals surface area contributed by atoms with Gasteiger partial charge in [0.25, 0.3) is 5.91 Å². The molecule has 1 aromatic carbocycles. The number of nitrogens with one attached hydrogen (secondary N) is 3. The molecule has 8 nitrogen and oxygen atoms in total. The first-order valence-corrected chi connectivity index (χ1v) is 8.65. The van der Waals surface area contributed by atoms with Gasteiger partial charge in [0.1, 0.15) is 11.5 Å². The van der Waals surface area contributed by atoms with Crippen molar-refractivity contribution in [3.05, 3.63) is 60.4 Å². The largest absolute Gasteiger partial charge is 0.463 e. The van der Waals surface area contributed by atoms with E-state index >= 15 is 0 Å². The van der Waals surface area contributed by atoms with Crippen LogP contribution in [0.1, 0.15) is 30.0 Å². The molecular formula is C19H19N5O3. The van der Waals surface area contributed by atoms with Crippen molar-refractivity contribution in [2.75, 3.05) is 5.32 Å². The van der Waals surface area contributed by atoms with Crippen molar-refractivity contribution in [2.45, 2.75) is 25.7 Å². The number of carbonyl (C=O) groups is 2. The molecule has 138 valence electrons. The number of rotatable bonds is 4. The Morgan fingerprint density at radius 2 is 2.07 bits per heavy atom. The van der Waals surface area contributed by atoms with Gasteiger partial charge < -0.3 is 15.1 Å². The summed E-state index contributed by atoms with van der Waals surface area (Å²) in [6.07, 6.45) is 1.37. The zero-order valence-electron chi connectivity index (χ0n) is 14.7. The standard InChI is InChI=1S/C19H19N5O3/c1-12-10-17(25)22-19(20-12)24-16(11-14(23-24)15-8-5-9-27-15)21-18(26)13-6-3-2-4-7-13/h2-9,11-12,19-20H,10H2,1H3,(H,21,26)(H,22,25). The first kappa shape index (κ1) is 17.0. The van der Waals surface area contributed by atoms with Gasteiger partial charge in [0.2, 0.25) is 5.91 Å². The summed E-state index contributed by atoms with van der Waals surface area (Å²) in [5, 5.41) is 13.5. The zero-order chi connectivity index (χ0) is 18.8. The van der Waals surface area contributed by atoms with E-state index in [1.54, 1.807) is 53.4 Å². The lowest BCUT2D eigenvalue weighted by Gasteiger charge is -2.30. The van der Waals surface area contributed by atoms with Crippen molar-refractivity contribution in [3.63, 3.8) is 0 Å². The highest BCUT2D eigenvalue weighted by Crippen LogP contribution is 2.25. The Kier molecular flexibility index (Phi) is 4.47. The van der Waals surface area contributed by atoms with Crippen LogP contribution in [-0.4, -0.2) is 27.6 Å². The third-order valence-corrected chi connectivity index (χ3v) is 4.26. The van der Waals surface area contributed by atoms with E-state index in [1.807, 2.05) is 13.0 Å². The number of furan rings is 1. The van der Waals surface area contributed by atoms with Gasteiger partial charge in [-0.15, -0.1) is 0 Å². The number of hydrogen-bond donors (Lipinski definition) is 3. The molecule has 4 rings (SSSR count). The summed E-state index contributed by atoms with van der Waals surface area (Å²) >= 11 is 0. The van der Waals surface area contributed by atoms with Crippen LogP contribution in [0.25, 0.3) is 11.5 Å². The van der Waals surface area contributed by atoms with E-state index in [4.69, 9.17) is 4.42 Å². The Labute approximate surface area is 155 Å². The van der Waals surface area contributed by atoms with Crippen molar-refractivity contribution in [1.82, 2.24) is 20.4 Å². The fourth-order valence-electron chi connectivity index (χ4n) is 3.00. The van der Waals surface area contributed by atoms with Gasteiger partial charge in [0.05, 0.1) is 6.26 Å². The normalized spacial score (nSPS) is 19.5. The number of aromatic nitrogens is 2. The maximum Gasteiger partial charge on any atom is 0.256 e. The quantitative estimate of drug-likeness (QED) is 0.659. The summed E-state index contributed by atoms with van der Waals surface area (Å²) in [5.41, 5.74) is 1.08. The van der Waals surface area contributed by atoms with Gasteiger partial charge in [0, 0.05) is 24.1 Å². The summed E-state index contributed by atoms with van der Waals surface area (Å²) < 4.78 is 6.96. The molecule has 0 saturated carbocycles. The molecule has 2 atom stereocenters. The number of anilines is 1. The number of hydrogen-bond acceptors (Lipinski definition) is 5. The molecule has 1 aliphatic rings. The lowest BCUT2D eigenvalue weighted by Crippen LogP contribution is -2.52. The molecule has 3 N–H and O–H groups in total. The minimum Gasteiger partial charge on any atom is -0.463 e. The molecule has 2 unspecified atom stereocenters. The van der Waals surface area contributed by atoms with Gasteiger partial charge in [-0.05, 0) is 31.2 Å². The zero-order valence-corrected chi connectivity index (χ0v) is 14.7. The van der Waals surface area contributed by atoms with E-state index in [9.17, 15) is 9.59 Å². The summed E-state index contributed by atoms with van der Waals surface area (Å²) in [5.74, 6) is 0.667. The molecule has 1 aliphatic heterocycles. The molecule has 2 aromatic heterocycles. The van der Waals surface area contributed by atoms with Gasteiger partial charge in [-0.25, -0.2) is 4.68 Å². The molecule has 0 bridgehead atoms. The van der Waals surface area contributed by atoms with Crippen molar-refractivity contribution in [1.29, 1.82) is 0 Å². The molecule has 2 amide bonds. The second-order valence-corrected chi connectivity index (χ2v) is 6.40. The van der Waals surface area contributed by atoms with Gasteiger partial charge in [-0.1, -0.05) is 18.2 Å². The average Bonchev–Trinajstić information content (AvgIpc) is 3.31. The number of nitrogens with zero attached hydrogens (tertiary/aromatic N) is 2. The van der Waals surface area contributed by atoms with E-state index in [2.05, 4.69) is 21.0 Å². The highest BCUT2D eigenvalue weighted by atomic mass is 16.3. The van der Waals surface area contributed by atoms with Crippen LogP contribution in [-0.2, 0) is 4.79 Å². The van der Waals surface area contributed by atoms with Crippen molar-refractivity contribution >= 4 is 17.6 Å². The van der Waals surface area contributed by atoms with Crippen molar-refractivity contribution < 1.29 is 14.0 Å². The van der Waals surface area contributed by atoms with Gasteiger partial charge in [-0.3, -0.25) is 14.9 Å². The lowest BCUT2D eigenvalue weighted by atomic mass is 10.2. The summed E-state index contributed by atoms with van der Waals surface area (Å²) in [7, 11) is 0. The smallest absolute Gasteiger partial charge is 0.256 e. The lowest BCUT2D eigenvalue weighted by molar-refractivity contribution is -0.125. The maximum absolute atomic E-state index is 12.6. The topological polar surface area (TPSA) is 101 Å². The van der Waals surface area contributed by atoms with Crippen LogP contribution >= 0.6 is 0 Å². The van der Waals surface area contributed by atoms with Crippen LogP contribution in [0.4, 0.5) is 5.82 Å². The third-order valence-electron chi connectivity index (χ3n) is 4.26. The third kappa shape index (κ3) is 3.61. The van der Waals surface area contributed by atoms with E-state index in [0.29, 0.717) is 29.3 Å². The van der Waals surface area contributed by atoms with Gasteiger partial charge in [-0.2, -0.15) is 5.10 Å². The molecule has 1 saturated heterocycles. The molecule has 8 heteroatoms. The Morgan fingerprint density at radius 1 is 1.26 bits per heavy atom. The number of amides is 2.